The van der Waals surface area contributed by atoms with Gasteiger partial charge in [-0.25, -0.2) is 11.1 Å². The minimum Gasteiger partial charge on any atom is -1.00 e. The van der Waals surface area contributed by atoms with Crippen LogP contribution in [0.4, 0.5) is 0 Å². The Morgan fingerprint density at radius 2 is 0.880 bits per heavy atom. The van der Waals surface area contributed by atoms with Crippen LogP contribution >= 0.6 is 0 Å². The van der Waals surface area contributed by atoms with Crippen molar-refractivity contribution in [2.75, 3.05) is 0 Å². The Hall–Kier alpha value is 0.423. The van der Waals surface area contributed by atoms with Gasteiger partial charge in [0.25, 0.3) is 0 Å². The summed E-state index contributed by atoms with van der Waals surface area (Å²) in [5, 5.41) is 0. The van der Waals surface area contributed by atoms with E-state index in [2.05, 4.69) is 53.7 Å². The van der Waals surface area contributed by atoms with Crippen LogP contribution in [0.1, 0.15) is 92.9 Å². The number of hydrogen-bond acceptors (Lipinski definition) is 0. The molecular weight excluding hydrogens is 426 g/mol. The largest absolute Gasteiger partial charge is 4.00 e. The average Bonchev–Trinajstić information content (AvgIpc) is 3.16. The Morgan fingerprint density at radius 1 is 0.560 bits per heavy atom. The SMILES string of the molecule is CCC1=[C-]CC(CC)=C1CC.CCC1=[C-]CC(CC)=C1CC.[Cl-].[Cl-].[Zr+4]. The van der Waals surface area contributed by atoms with Crippen LogP contribution in [0.25, 0.3) is 0 Å². The third-order valence-electron chi connectivity index (χ3n) is 4.88. The van der Waals surface area contributed by atoms with Crippen LogP contribution in [0.2, 0.25) is 0 Å². The predicted octanol–water partition coefficient (Wildman–Crippen LogP) is 1.30. The van der Waals surface area contributed by atoms with Crippen molar-refractivity contribution in [1.29, 1.82) is 0 Å². The second-order valence-corrected chi connectivity index (χ2v) is 5.95. The summed E-state index contributed by atoms with van der Waals surface area (Å²) < 4.78 is 0. The monoisotopic (exact) mass is 458 g/mol. The molecule has 0 atom stereocenters. The van der Waals surface area contributed by atoms with E-state index >= 15 is 0 Å². The quantitative estimate of drug-likeness (QED) is 0.525. The van der Waals surface area contributed by atoms with E-state index in [4.69, 9.17) is 0 Å². The molecule has 2 rings (SSSR count). The van der Waals surface area contributed by atoms with E-state index in [1.54, 1.807) is 22.3 Å². The summed E-state index contributed by atoms with van der Waals surface area (Å²) in [5.41, 5.74) is 9.37. The van der Waals surface area contributed by atoms with E-state index in [0.717, 1.165) is 25.7 Å². The topological polar surface area (TPSA) is 0 Å². The number of halogens is 2. The van der Waals surface area contributed by atoms with Crippen molar-refractivity contribution in [3.8, 4) is 0 Å². The van der Waals surface area contributed by atoms with Gasteiger partial charge in [0.2, 0.25) is 0 Å². The van der Waals surface area contributed by atoms with Gasteiger partial charge in [0.05, 0.1) is 0 Å². The second kappa shape index (κ2) is 16.6. The fourth-order valence-corrected chi connectivity index (χ4v) is 3.56. The average molecular weight is 461 g/mol. The van der Waals surface area contributed by atoms with Crippen molar-refractivity contribution in [3.05, 3.63) is 45.6 Å². The van der Waals surface area contributed by atoms with Crippen molar-refractivity contribution in [2.24, 2.45) is 0 Å². The first kappa shape index (κ1) is 30.2. The Labute approximate surface area is 188 Å². The van der Waals surface area contributed by atoms with Crippen molar-refractivity contribution in [1.82, 2.24) is 0 Å². The predicted molar refractivity (Wildman–Crippen MR) is 98.5 cm³/mol. The third kappa shape index (κ3) is 8.32. The maximum Gasteiger partial charge on any atom is 4.00 e. The summed E-state index contributed by atoms with van der Waals surface area (Å²) in [6.45, 7) is 13.4. The molecule has 0 radical (unpaired) electrons. The molecule has 2 aliphatic rings. The van der Waals surface area contributed by atoms with Crippen LogP contribution in [0.5, 0.6) is 0 Å². The van der Waals surface area contributed by atoms with Crippen molar-refractivity contribution < 1.29 is 51.0 Å². The van der Waals surface area contributed by atoms with Gasteiger partial charge in [-0.05, 0) is 0 Å². The molecule has 0 unspecified atom stereocenters. The van der Waals surface area contributed by atoms with Gasteiger partial charge >= 0.3 is 26.2 Å². The maximum absolute atomic E-state index is 3.45. The molecule has 0 heterocycles. The van der Waals surface area contributed by atoms with Gasteiger partial charge in [-0.15, -0.1) is 12.8 Å². The molecule has 0 N–H and O–H groups in total. The van der Waals surface area contributed by atoms with Crippen molar-refractivity contribution in [3.63, 3.8) is 0 Å². The first-order chi connectivity index (χ1) is 10.7. The van der Waals surface area contributed by atoms with Gasteiger partial charge in [-0.1, -0.05) is 80.1 Å². The molecule has 0 aromatic carbocycles. The number of allylic oxidation sites excluding steroid dienone is 8. The van der Waals surface area contributed by atoms with Crippen LogP contribution < -0.4 is 24.8 Å². The summed E-state index contributed by atoms with van der Waals surface area (Å²) in [7, 11) is 0. The molecule has 0 aromatic rings. The number of rotatable bonds is 6. The Balaban J connectivity index is -0.000000346. The summed E-state index contributed by atoms with van der Waals surface area (Å²) in [6.07, 6.45) is 16.2. The Bertz CT molecular complexity index is 450. The zero-order chi connectivity index (χ0) is 16.5. The maximum atomic E-state index is 3.45. The molecule has 0 amide bonds. The van der Waals surface area contributed by atoms with Gasteiger partial charge < -0.3 is 24.8 Å². The van der Waals surface area contributed by atoms with Crippen LogP contribution in [0, 0.1) is 12.2 Å². The first-order valence-electron chi connectivity index (χ1n) is 9.28. The molecule has 3 heteroatoms. The molecule has 0 aliphatic heterocycles. The smallest absolute Gasteiger partial charge is 1.00 e. The summed E-state index contributed by atoms with van der Waals surface area (Å²) in [5.74, 6) is 0. The minimum atomic E-state index is 0. The van der Waals surface area contributed by atoms with Crippen molar-refractivity contribution >= 4 is 0 Å². The Morgan fingerprint density at radius 3 is 1.08 bits per heavy atom. The number of hydrogen-bond donors (Lipinski definition) is 0. The van der Waals surface area contributed by atoms with E-state index in [1.165, 1.54) is 36.8 Å². The molecule has 0 saturated heterocycles. The Kier molecular flexibility index (Phi) is 20.0. The normalized spacial score (nSPS) is 15.4. The van der Waals surface area contributed by atoms with E-state index in [0.29, 0.717) is 0 Å². The first-order valence-corrected chi connectivity index (χ1v) is 9.28. The van der Waals surface area contributed by atoms with Crippen LogP contribution in [-0.4, -0.2) is 0 Å². The molecule has 0 bridgehead atoms. The molecule has 2 aliphatic carbocycles. The summed E-state index contributed by atoms with van der Waals surface area (Å²) >= 11 is 0. The third-order valence-corrected chi connectivity index (χ3v) is 4.88. The van der Waals surface area contributed by atoms with Crippen LogP contribution in [0.3, 0.4) is 0 Å². The fourth-order valence-electron chi connectivity index (χ4n) is 3.56. The molecule has 0 nitrogen and oxygen atoms in total. The zero-order valence-electron chi connectivity index (χ0n) is 16.9. The van der Waals surface area contributed by atoms with Gasteiger partial charge in [0.15, 0.2) is 0 Å². The van der Waals surface area contributed by atoms with E-state index in [-0.39, 0.29) is 51.0 Å². The van der Waals surface area contributed by atoms with Gasteiger partial charge in [0.1, 0.15) is 0 Å². The second-order valence-electron chi connectivity index (χ2n) is 5.95. The van der Waals surface area contributed by atoms with Crippen molar-refractivity contribution in [2.45, 2.75) is 92.9 Å². The summed E-state index contributed by atoms with van der Waals surface area (Å²) in [6, 6.07) is 0. The standard InChI is InChI=1S/2C11H17.2ClH.Zr/c2*1-4-9-7-8-10(5-2)11(9)6-3;;;/h2*4-7H2,1-3H3;2*1H;/q2*-1;;;+4/p-2. The molecule has 140 valence electrons. The fraction of sp³-hybridized carbons (Fsp3) is 0.636. The zero-order valence-corrected chi connectivity index (χ0v) is 20.9. The van der Waals surface area contributed by atoms with Gasteiger partial charge in [-0.3, -0.25) is 12.2 Å². The van der Waals surface area contributed by atoms with Gasteiger partial charge in [-0.2, -0.15) is 22.3 Å². The molecule has 0 spiro atoms. The minimum absolute atomic E-state index is 0. The molecule has 0 fully saturated rings. The summed E-state index contributed by atoms with van der Waals surface area (Å²) in [4.78, 5) is 0. The van der Waals surface area contributed by atoms with Gasteiger partial charge in [0, 0.05) is 0 Å². The molecule has 25 heavy (non-hydrogen) atoms. The molecular formula is C22H34Cl2Zr. The van der Waals surface area contributed by atoms with E-state index in [9.17, 15) is 0 Å². The molecule has 0 aromatic heterocycles. The van der Waals surface area contributed by atoms with E-state index in [1.807, 2.05) is 0 Å². The molecule has 0 saturated carbocycles. The van der Waals surface area contributed by atoms with Crippen LogP contribution in [-0.2, 0) is 26.2 Å². The van der Waals surface area contributed by atoms with Crippen LogP contribution in [0.15, 0.2) is 33.4 Å². The van der Waals surface area contributed by atoms with E-state index < -0.39 is 0 Å².